The van der Waals surface area contributed by atoms with Gasteiger partial charge in [0.05, 0.1) is 0 Å². The van der Waals surface area contributed by atoms with Crippen LogP contribution < -0.4 is 5.32 Å². The highest BCUT2D eigenvalue weighted by Gasteiger charge is 2.55. The molecular weight excluding hydrogens is 366 g/mol. The fraction of sp³-hybridized carbons (Fsp3) is 0.609. The number of hydrogen-bond donors (Lipinski definition) is 1. The third-order valence-corrected chi connectivity index (χ3v) is 6.46. The molecule has 6 nitrogen and oxygen atoms in total. The Morgan fingerprint density at radius 3 is 2.45 bits per heavy atom. The Bertz CT molecular complexity index is 797. The van der Waals surface area contributed by atoms with Gasteiger partial charge in [-0.15, -0.1) is 0 Å². The molecule has 1 N–H and O–H groups in total. The highest BCUT2D eigenvalue weighted by molar-refractivity contribution is 6.09. The number of carbonyl (C=O) groups is 3. The Balaban J connectivity index is 1.63. The molecule has 3 rings (SSSR count). The number of amides is 4. The summed E-state index contributed by atoms with van der Waals surface area (Å²) in [5.41, 5.74) is 1.51. The predicted octanol–water partition coefficient (Wildman–Crippen LogP) is 3.44. The van der Waals surface area contributed by atoms with Crippen LogP contribution >= 0.6 is 0 Å². The number of nitrogens with one attached hydrogen (secondary N) is 1. The fourth-order valence-corrected chi connectivity index (χ4v) is 4.37. The Hall–Kier alpha value is -2.37. The number of urea groups is 1. The summed E-state index contributed by atoms with van der Waals surface area (Å²) >= 11 is 0. The Labute approximate surface area is 173 Å². The van der Waals surface area contributed by atoms with Crippen molar-refractivity contribution in [2.45, 2.75) is 70.9 Å². The van der Waals surface area contributed by atoms with Gasteiger partial charge < -0.3 is 10.2 Å². The molecular formula is C23H33N3O3. The molecule has 1 aromatic carbocycles. The van der Waals surface area contributed by atoms with E-state index in [-0.39, 0.29) is 29.7 Å². The van der Waals surface area contributed by atoms with Crippen LogP contribution in [-0.2, 0) is 21.5 Å². The molecule has 2 fully saturated rings. The van der Waals surface area contributed by atoms with Crippen molar-refractivity contribution in [3.63, 3.8) is 0 Å². The number of hydrogen-bond acceptors (Lipinski definition) is 3. The number of likely N-dealkylation sites (N-methyl/N-ethyl adjacent to an activating group) is 1. The summed E-state index contributed by atoms with van der Waals surface area (Å²) in [7, 11) is 1.71. The minimum Gasteiger partial charge on any atom is -0.340 e. The van der Waals surface area contributed by atoms with Gasteiger partial charge in [-0.1, -0.05) is 64.8 Å². The van der Waals surface area contributed by atoms with Gasteiger partial charge in [0.15, 0.2) is 0 Å². The van der Waals surface area contributed by atoms with Crippen molar-refractivity contribution in [1.82, 2.24) is 15.1 Å². The maximum atomic E-state index is 13.0. The van der Waals surface area contributed by atoms with Crippen LogP contribution in [0.5, 0.6) is 0 Å². The van der Waals surface area contributed by atoms with Crippen molar-refractivity contribution >= 4 is 17.8 Å². The first-order chi connectivity index (χ1) is 13.5. The summed E-state index contributed by atoms with van der Waals surface area (Å²) in [6.07, 6.45) is 3.56. The van der Waals surface area contributed by atoms with E-state index in [1.165, 1.54) is 5.56 Å². The van der Waals surface area contributed by atoms with Crippen LogP contribution in [0.15, 0.2) is 24.3 Å². The van der Waals surface area contributed by atoms with E-state index < -0.39 is 11.6 Å². The number of nitrogens with zero attached hydrogens (tertiary/aromatic N) is 2. The summed E-state index contributed by atoms with van der Waals surface area (Å²) in [6.45, 7) is 8.72. The quantitative estimate of drug-likeness (QED) is 0.789. The lowest BCUT2D eigenvalue weighted by Gasteiger charge is -2.36. The van der Waals surface area contributed by atoms with Crippen LogP contribution in [0.4, 0.5) is 4.79 Å². The third kappa shape index (κ3) is 4.16. The molecule has 2 unspecified atom stereocenters. The van der Waals surface area contributed by atoms with E-state index in [2.05, 4.69) is 38.2 Å². The van der Waals surface area contributed by atoms with Crippen LogP contribution in [0.25, 0.3) is 0 Å². The first-order valence-corrected chi connectivity index (χ1v) is 10.5. The first-order valence-electron chi connectivity index (χ1n) is 10.5. The average Bonchev–Trinajstić information content (AvgIpc) is 2.89. The highest BCUT2D eigenvalue weighted by atomic mass is 16.2. The topological polar surface area (TPSA) is 69.7 Å². The lowest BCUT2D eigenvalue weighted by molar-refractivity contribution is -0.140. The van der Waals surface area contributed by atoms with Crippen molar-refractivity contribution in [1.29, 1.82) is 0 Å². The Morgan fingerprint density at radius 2 is 1.86 bits per heavy atom. The van der Waals surface area contributed by atoms with Crippen molar-refractivity contribution in [3.05, 3.63) is 35.4 Å². The summed E-state index contributed by atoms with van der Waals surface area (Å²) < 4.78 is 0. The van der Waals surface area contributed by atoms with Gasteiger partial charge in [-0.2, -0.15) is 0 Å². The second-order valence-electron chi connectivity index (χ2n) is 9.64. The van der Waals surface area contributed by atoms with Crippen molar-refractivity contribution in [2.24, 2.45) is 5.92 Å². The molecule has 2 atom stereocenters. The summed E-state index contributed by atoms with van der Waals surface area (Å²) in [6, 6.07) is 7.77. The van der Waals surface area contributed by atoms with E-state index in [1.807, 2.05) is 19.1 Å². The standard InChI is InChI=1S/C23H33N3O3/c1-16-8-6-7-13-23(16)20(28)26(21(29)24-23)15-19(27)25(5)14-17-9-11-18(12-10-17)22(2,3)4/h9-12,16H,6-8,13-15H2,1-5H3,(H,24,29). The predicted molar refractivity (Wildman–Crippen MR) is 112 cm³/mol. The van der Waals surface area contributed by atoms with E-state index in [9.17, 15) is 14.4 Å². The molecule has 1 saturated heterocycles. The largest absolute Gasteiger partial charge is 0.340 e. The molecule has 0 aromatic heterocycles. The molecule has 1 spiro atoms. The normalized spacial score (nSPS) is 24.7. The SMILES string of the molecule is CC1CCCCC12NC(=O)N(CC(=O)N(C)Cc1ccc(C(C)(C)C)cc1)C2=O. The molecule has 1 saturated carbocycles. The molecule has 4 amide bonds. The summed E-state index contributed by atoms with van der Waals surface area (Å²) in [5.74, 6) is -0.397. The van der Waals surface area contributed by atoms with Crippen molar-refractivity contribution in [2.75, 3.05) is 13.6 Å². The van der Waals surface area contributed by atoms with E-state index in [0.717, 1.165) is 29.7 Å². The van der Waals surface area contributed by atoms with E-state index in [4.69, 9.17) is 0 Å². The van der Waals surface area contributed by atoms with Crippen LogP contribution in [-0.4, -0.2) is 46.8 Å². The zero-order chi connectivity index (χ0) is 21.4. The lowest BCUT2D eigenvalue weighted by atomic mass is 9.73. The Morgan fingerprint density at radius 1 is 1.21 bits per heavy atom. The zero-order valence-electron chi connectivity index (χ0n) is 18.2. The van der Waals surface area contributed by atoms with Crippen LogP contribution in [0, 0.1) is 5.92 Å². The second-order valence-corrected chi connectivity index (χ2v) is 9.64. The van der Waals surface area contributed by atoms with Crippen molar-refractivity contribution in [3.8, 4) is 0 Å². The van der Waals surface area contributed by atoms with E-state index in [0.29, 0.717) is 13.0 Å². The van der Waals surface area contributed by atoms with Gasteiger partial charge in [0.2, 0.25) is 5.91 Å². The number of imide groups is 1. The van der Waals surface area contributed by atoms with Gasteiger partial charge in [-0.05, 0) is 35.3 Å². The molecule has 1 aliphatic carbocycles. The zero-order valence-corrected chi connectivity index (χ0v) is 18.2. The van der Waals surface area contributed by atoms with Gasteiger partial charge in [0, 0.05) is 13.6 Å². The molecule has 1 aliphatic heterocycles. The van der Waals surface area contributed by atoms with Gasteiger partial charge in [0.1, 0.15) is 12.1 Å². The third-order valence-electron chi connectivity index (χ3n) is 6.46. The first kappa shape index (κ1) is 21.3. The molecule has 0 bridgehead atoms. The Kier molecular flexibility index (Phi) is 5.74. The van der Waals surface area contributed by atoms with Gasteiger partial charge in [-0.3, -0.25) is 14.5 Å². The van der Waals surface area contributed by atoms with Gasteiger partial charge in [0.25, 0.3) is 5.91 Å². The minimum atomic E-state index is -0.822. The molecule has 1 aromatic rings. The molecule has 158 valence electrons. The van der Waals surface area contributed by atoms with Crippen LogP contribution in [0.3, 0.4) is 0 Å². The second kappa shape index (κ2) is 7.81. The molecule has 6 heteroatoms. The smallest absolute Gasteiger partial charge is 0.325 e. The molecule has 29 heavy (non-hydrogen) atoms. The molecule has 2 aliphatic rings. The fourth-order valence-electron chi connectivity index (χ4n) is 4.37. The minimum absolute atomic E-state index is 0.0793. The maximum absolute atomic E-state index is 13.0. The van der Waals surface area contributed by atoms with Crippen LogP contribution in [0.1, 0.15) is 64.5 Å². The summed E-state index contributed by atoms with van der Waals surface area (Å²) in [5, 5.41) is 2.90. The highest BCUT2D eigenvalue weighted by Crippen LogP contribution is 2.38. The lowest BCUT2D eigenvalue weighted by Crippen LogP contribution is -2.54. The summed E-state index contributed by atoms with van der Waals surface area (Å²) in [4.78, 5) is 40.9. The van der Waals surface area contributed by atoms with Crippen LogP contribution in [0.2, 0.25) is 0 Å². The molecule has 0 radical (unpaired) electrons. The van der Waals surface area contributed by atoms with Gasteiger partial charge >= 0.3 is 6.03 Å². The average molecular weight is 400 g/mol. The monoisotopic (exact) mass is 399 g/mol. The van der Waals surface area contributed by atoms with Crippen molar-refractivity contribution < 1.29 is 14.4 Å². The van der Waals surface area contributed by atoms with E-state index >= 15 is 0 Å². The van der Waals surface area contributed by atoms with Gasteiger partial charge in [-0.25, -0.2) is 4.79 Å². The number of rotatable bonds is 4. The number of carbonyl (C=O) groups excluding carboxylic acids is 3. The number of benzene rings is 1. The van der Waals surface area contributed by atoms with E-state index in [1.54, 1.807) is 11.9 Å². The molecule has 1 heterocycles. The maximum Gasteiger partial charge on any atom is 0.325 e.